The summed E-state index contributed by atoms with van der Waals surface area (Å²) in [6.07, 6.45) is 47.9. The Kier molecular flexibility index (Phi) is 32.5. The molecule has 0 aliphatic rings. The maximum Gasteiger partial charge on any atom is 0.472 e. The second-order valence-electron chi connectivity index (χ2n) is 13.9. The molecule has 0 saturated carbocycles. The first kappa shape index (κ1) is 49.4. The fourth-order valence-corrected chi connectivity index (χ4v) is 5.41. The summed E-state index contributed by atoms with van der Waals surface area (Å²) in [6, 6.07) is -0.880. The molecular weight excluding hydrogens is 671 g/mol. The van der Waals surface area contributed by atoms with Crippen LogP contribution in [0.5, 0.6) is 0 Å². The van der Waals surface area contributed by atoms with Crippen molar-refractivity contribution >= 4 is 13.7 Å². The van der Waals surface area contributed by atoms with E-state index in [1.165, 1.54) is 19.3 Å². The number of hydrogen-bond donors (Lipinski definition) is 3. The number of phosphoric ester groups is 1. The number of aliphatic hydroxyl groups excluding tert-OH is 1. The highest BCUT2D eigenvalue weighted by Crippen LogP contribution is 2.43. The van der Waals surface area contributed by atoms with E-state index in [0.29, 0.717) is 17.4 Å². The van der Waals surface area contributed by atoms with Gasteiger partial charge in [0.05, 0.1) is 39.9 Å². The lowest BCUT2D eigenvalue weighted by Crippen LogP contribution is -2.45. The molecule has 0 aromatic heterocycles. The van der Waals surface area contributed by atoms with Crippen LogP contribution in [0.1, 0.15) is 117 Å². The van der Waals surface area contributed by atoms with Gasteiger partial charge in [-0.3, -0.25) is 13.8 Å². The fourth-order valence-electron chi connectivity index (χ4n) is 4.67. The van der Waals surface area contributed by atoms with Crippen molar-refractivity contribution < 1.29 is 32.9 Å². The van der Waals surface area contributed by atoms with Gasteiger partial charge in [-0.2, -0.15) is 0 Å². The summed E-state index contributed by atoms with van der Waals surface area (Å²) < 4.78 is 23.3. The van der Waals surface area contributed by atoms with Crippen molar-refractivity contribution in [2.45, 2.75) is 129 Å². The van der Waals surface area contributed by atoms with Crippen LogP contribution in [0.25, 0.3) is 0 Å². The van der Waals surface area contributed by atoms with E-state index < -0.39 is 20.0 Å². The topological polar surface area (TPSA) is 105 Å². The number of likely N-dealkylation sites (N-methyl/N-ethyl adjacent to an activating group) is 1. The number of nitrogens with zero attached hydrogens (tertiary/aromatic N) is 1. The van der Waals surface area contributed by atoms with E-state index in [4.69, 9.17) is 9.05 Å². The minimum atomic E-state index is -4.35. The van der Waals surface area contributed by atoms with Crippen LogP contribution in [0.3, 0.4) is 0 Å². The Morgan fingerprint density at radius 2 is 1.15 bits per heavy atom. The van der Waals surface area contributed by atoms with Gasteiger partial charge in [0.25, 0.3) is 0 Å². The highest BCUT2D eigenvalue weighted by atomic mass is 31.2. The van der Waals surface area contributed by atoms with Gasteiger partial charge in [-0.1, -0.05) is 137 Å². The highest BCUT2D eigenvalue weighted by molar-refractivity contribution is 7.47. The molecule has 8 nitrogen and oxygen atoms in total. The SMILES string of the molecule is CC/C=C\C/C=C\C/C=C\C/C=C\C/C=C\C/C=C\C/C=C\CCCC(=O)NC(COP(=O)(O)OCC[N+](C)(C)C)C(O)/C=C/CCCCCCC. The number of carbonyl (C=O) groups is 1. The first-order valence-electron chi connectivity index (χ1n) is 19.6. The molecule has 0 heterocycles. The summed E-state index contributed by atoms with van der Waals surface area (Å²) in [5.41, 5.74) is 0. The lowest BCUT2D eigenvalue weighted by Gasteiger charge is -2.25. The average molecular weight is 746 g/mol. The van der Waals surface area contributed by atoms with E-state index in [1.807, 2.05) is 27.2 Å². The summed E-state index contributed by atoms with van der Waals surface area (Å²) in [5.74, 6) is -0.246. The predicted octanol–water partition coefficient (Wildman–Crippen LogP) is 10.4. The van der Waals surface area contributed by atoms with Crippen LogP contribution in [0.2, 0.25) is 0 Å². The summed E-state index contributed by atoms with van der Waals surface area (Å²) in [5, 5.41) is 13.6. The Bertz CT molecular complexity index is 1160. The molecule has 0 bridgehead atoms. The van der Waals surface area contributed by atoms with Gasteiger partial charge in [-0.05, 0) is 70.6 Å². The Hall–Kier alpha value is -2.58. The lowest BCUT2D eigenvalue weighted by atomic mass is 10.1. The van der Waals surface area contributed by atoms with Crippen molar-refractivity contribution in [2.75, 3.05) is 40.9 Å². The molecule has 0 fully saturated rings. The van der Waals surface area contributed by atoms with Crippen molar-refractivity contribution in [3.05, 3.63) is 97.2 Å². The molecule has 3 N–H and O–H groups in total. The second kappa shape index (κ2) is 34.2. The molecule has 9 heteroatoms. The maximum absolute atomic E-state index is 12.7. The number of quaternary nitrogens is 1. The van der Waals surface area contributed by atoms with E-state index in [0.717, 1.165) is 70.6 Å². The third-order valence-corrected chi connectivity index (χ3v) is 8.79. The Morgan fingerprint density at radius 1 is 0.673 bits per heavy atom. The predicted molar refractivity (Wildman–Crippen MR) is 221 cm³/mol. The molecule has 0 saturated heterocycles. The van der Waals surface area contributed by atoms with Gasteiger partial charge in [-0.15, -0.1) is 0 Å². The van der Waals surface area contributed by atoms with Gasteiger partial charge in [0.15, 0.2) is 0 Å². The number of amides is 1. The monoisotopic (exact) mass is 746 g/mol. The van der Waals surface area contributed by atoms with Crippen molar-refractivity contribution in [2.24, 2.45) is 0 Å². The maximum atomic E-state index is 12.7. The van der Waals surface area contributed by atoms with Crippen molar-refractivity contribution in [3.63, 3.8) is 0 Å². The van der Waals surface area contributed by atoms with Gasteiger partial charge in [0, 0.05) is 6.42 Å². The molecule has 0 spiro atoms. The van der Waals surface area contributed by atoms with Crippen LogP contribution in [-0.2, 0) is 18.4 Å². The molecule has 0 radical (unpaired) electrons. The zero-order valence-electron chi connectivity index (χ0n) is 33.2. The number of rotatable bonds is 33. The van der Waals surface area contributed by atoms with Crippen molar-refractivity contribution in [3.8, 4) is 0 Å². The molecule has 0 rings (SSSR count). The molecule has 0 aliphatic carbocycles. The van der Waals surface area contributed by atoms with E-state index in [-0.39, 0.29) is 25.5 Å². The van der Waals surface area contributed by atoms with E-state index >= 15 is 0 Å². The summed E-state index contributed by atoms with van der Waals surface area (Å²) in [7, 11) is 1.51. The lowest BCUT2D eigenvalue weighted by molar-refractivity contribution is -0.870. The van der Waals surface area contributed by atoms with Crippen LogP contribution in [-0.4, -0.2) is 73.4 Å². The number of carbonyl (C=O) groups excluding carboxylic acids is 1. The Labute approximate surface area is 318 Å². The molecule has 0 aromatic carbocycles. The number of phosphoric acid groups is 1. The van der Waals surface area contributed by atoms with Crippen LogP contribution in [0, 0.1) is 0 Å². The van der Waals surface area contributed by atoms with Gasteiger partial charge in [0.1, 0.15) is 13.2 Å². The average Bonchev–Trinajstić information content (AvgIpc) is 3.09. The number of allylic oxidation sites excluding steroid dienone is 15. The second-order valence-corrected chi connectivity index (χ2v) is 15.4. The van der Waals surface area contributed by atoms with Gasteiger partial charge in [-0.25, -0.2) is 4.57 Å². The molecule has 0 aromatic rings. The fraction of sp³-hybridized carbons (Fsp3) is 0.605. The normalized spacial score (nSPS) is 15.6. The van der Waals surface area contributed by atoms with E-state index in [9.17, 15) is 19.4 Å². The minimum absolute atomic E-state index is 0.0440. The first-order valence-corrected chi connectivity index (χ1v) is 21.1. The Morgan fingerprint density at radius 3 is 1.65 bits per heavy atom. The molecule has 3 unspecified atom stereocenters. The molecule has 1 amide bonds. The first-order chi connectivity index (χ1) is 25.0. The van der Waals surface area contributed by atoms with E-state index in [2.05, 4.69) is 104 Å². The van der Waals surface area contributed by atoms with Gasteiger partial charge >= 0.3 is 7.82 Å². The van der Waals surface area contributed by atoms with E-state index in [1.54, 1.807) is 6.08 Å². The molecular formula is C43H74N2O6P+. The summed E-state index contributed by atoms with van der Waals surface area (Å²) in [4.78, 5) is 22.9. The smallest absolute Gasteiger partial charge is 0.387 e. The third-order valence-electron chi connectivity index (χ3n) is 7.81. The zero-order chi connectivity index (χ0) is 38.6. The summed E-state index contributed by atoms with van der Waals surface area (Å²) >= 11 is 0. The van der Waals surface area contributed by atoms with Crippen LogP contribution in [0.15, 0.2) is 97.2 Å². The quantitative estimate of drug-likeness (QED) is 0.0267. The standard InChI is InChI=1S/C43H73N2O6P/c1-6-8-10-12-14-15-16-17-18-19-20-21-22-23-24-25-26-27-28-29-31-33-35-37-43(47)44-41(42(46)36-34-32-30-13-11-9-7-2)40-51-52(48,49)50-39-38-45(3,4)5/h8,10,14-15,17-18,20-21,23-24,26-27,29,31,34,36,41-42,46H,6-7,9,11-13,16,19,22,25,28,30,32-33,35,37-40H2,1-5H3,(H-,44,47,48,49)/p+1/b10-8-,15-14-,18-17-,21-20-,24-23-,27-26-,31-29-,36-34+. The van der Waals surface area contributed by atoms with Crippen molar-refractivity contribution in [1.82, 2.24) is 5.32 Å². The number of aliphatic hydroxyl groups is 1. The minimum Gasteiger partial charge on any atom is -0.387 e. The van der Waals surface area contributed by atoms with Gasteiger partial charge in [0.2, 0.25) is 5.91 Å². The summed E-state index contributed by atoms with van der Waals surface area (Å²) in [6.45, 7) is 4.54. The number of nitrogens with one attached hydrogen (secondary N) is 1. The van der Waals surface area contributed by atoms with Gasteiger partial charge < -0.3 is 19.8 Å². The van der Waals surface area contributed by atoms with Crippen LogP contribution >= 0.6 is 7.82 Å². The zero-order valence-corrected chi connectivity index (χ0v) is 34.1. The van der Waals surface area contributed by atoms with Crippen molar-refractivity contribution in [1.29, 1.82) is 0 Å². The Balaban J connectivity index is 4.46. The number of unbranched alkanes of at least 4 members (excludes halogenated alkanes) is 6. The molecule has 3 atom stereocenters. The molecule has 0 aliphatic heterocycles. The van der Waals surface area contributed by atoms with Crippen LogP contribution in [0.4, 0.5) is 0 Å². The third kappa shape index (κ3) is 35.8. The highest BCUT2D eigenvalue weighted by Gasteiger charge is 2.27. The largest absolute Gasteiger partial charge is 0.472 e. The number of hydrogen-bond acceptors (Lipinski definition) is 5. The molecule has 296 valence electrons. The van der Waals surface area contributed by atoms with Crippen LogP contribution < -0.4 is 5.32 Å². The molecule has 52 heavy (non-hydrogen) atoms.